The van der Waals surface area contributed by atoms with Crippen molar-refractivity contribution in [2.75, 3.05) is 31.1 Å². The number of rotatable bonds is 4. The van der Waals surface area contributed by atoms with Crippen LogP contribution in [0.5, 0.6) is 0 Å². The summed E-state index contributed by atoms with van der Waals surface area (Å²) in [5.41, 5.74) is 1.71. The van der Waals surface area contributed by atoms with Gasteiger partial charge in [-0.2, -0.15) is 4.31 Å². The summed E-state index contributed by atoms with van der Waals surface area (Å²) in [6.07, 6.45) is 8.26. The third-order valence-corrected chi connectivity index (χ3v) is 9.33. The van der Waals surface area contributed by atoms with Crippen LogP contribution in [0.2, 0.25) is 0 Å². The smallest absolute Gasteiger partial charge is 0.243 e. The number of carbonyl (C=O) groups is 2. The molecule has 0 radical (unpaired) electrons. The van der Waals surface area contributed by atoms with Gasteiger partial charge in [0, 0.05) is 44.3 Å². The molecule has 31 heavy (non-hydrogen) atoms. The van der Waals surface area contributed by atoms with Gasteiger partial charge in [-0.3, -0.25) is 9.59 Å². The second-order valence-electron chi connectivity index (χ2n) is 9.38. The molecule has 3 fully saturated rings. The molecule has 1 saturated carbocycles. The van der Waals surface area contributed by atoms with Crippen LogP contribution in [0.3, 0.4) is 0 Å². The van der Waals surface area contributed by atoms with Gasteiger partial charge in [-0.1, -0.05) is 19.3 Å². The lowest BCUT2D eigenvalue weighted by molar-refractivity contribution is -0.130. The Hall–Kier alpha value is -1.93. The first-order valence-corrected chi connectivity index (χ1v) is 13.1. The highest BCUT2D eigenvalue weighted by Gasteiger charge is 2.41. The molecule has 7 nitrogen and oxygen atoms in total. The van der Waals surface area contributed by atoms with E-state index >= 15 is 0 Å². The van der Waals surface area contributed by atoms with Crippen molar-refractivity contribution in [3.8, 4) is 0 Å². The number of fused-ring (bicyclic) bond motifs is 1. The van der Waals surface area contributed by atoms with Crippen LogP contribution in [0, 0.1) is 5.92 Å². The molecule has 2 amide bonds. The van der Waals surface area contributed by atoms with E-state index in [1.807, 2.05) is 4.90 Å². The number of amides is 2. The summed E-state index contributed by atoms with van der Waals surface area (Å²) in [7, 11) is -3.48. The first kappa shape index (κ1) is 20.9. The molecule has 1 unspecified atom stereocenters. The zero-order valence-electron chi connectivity index (χ0n) is 18.0. The second kappa shape index (κ2) is 8.20. The Kier molecular flexibility index (Phi) is 5.54. The molecule has 0 spiro atoms. The maximum Gasteiger partial charge on any atom is 0.243 e. The van der Waals surface area contributed by atoms with Gasteiger partial charge in [0.2, 0.25) is 21.8 Å². The van der Waals surface area contributed by atoms with Crippen LogP contribution < -0.4 is 4.90 Å². The van der Waals surface area contributed by atoms with E-state index in [0.29, 0.717) is 50.0 Å². The molecular weight excluding hydrogens is 414 g/mol. The average Bonchev–Trinajstić information content (AvgIpc) is 3.53. The van der Waals surface area contributed by atoms with Crippen molar-refractivity contribution < 1.29 is 18.0 Å². The van der Waals surface area contributed by atoms with Crippen LogP contribution in [-0.2, 0) is 26.0 Å². The lowest BCUT2D eigenvalue weighted by Crippen LogP contribution is -2.38. The highest BCUT2D eigenvalue weighted by atomic mass is 32.2. The summed E-state index contributed by atoms with van der Waals surface area (Å²) in [5.74, 6) is -0.192. The summed E-state index contributed by atoms with van der Waals surface area (Å²) in [5, 5.41) is 0. The number of hydrogen-bond donors (Lipinski definition) is 0. The third-order valence-electron chi connectivity index (χ3n) is 7.44. The van der Waals surface area contributed by atoms with E-state index in [-0.39, 0.29) is 17.7 Å². The van der Waals surface area contributed by atoms with Crippen molar-refractivity contribution >= 4 is 27.5 Å². The zero-order valence-corrected chi connectivity index (χ0v) is 18.8. The van der Waals surface area contributed by atoms with E-state index in [1.54, 1.807) is 27.4 Å². The molecule has 0 N–H and O–H groups in total. The fraction of sp³-hybridized carbons (Fsp3) is 0.652. The molecule has 0 aromatic heterocycles. The predicted molar refractivity (Wildman–Crippen MR) is 117 cm³/mol. The average molecular weight is 446 g/mol. The first-order chi connectivity index (χ1) is 14.9. The van der Waals surface area contributed by atoms with Gasteiger partial charge in [0.15, 0.2) is 0 Å². The van der Waals surface area contributed by atoms with Crippen LogP contribution in [0.1, 0.15) is 56.9 Å². The van der Waals surface area contributed by atoms with Crippen molar-refractivity contribution in [1.29, 1.82) is 0 Å². The minimum absolute atomic E-state index is 0.000709. The van der Waals surface area contributed by atoms with Crippen LogP contribution in [0.25, 0.3) is 0 Å². The van der Waals surface area contributed by atoms with E-state index in [0.717, 1.165) is 56.2 Å². The molecule has 8 heteroatoms. The Morgan fingerprint density at radius 2 is 1.71 bits per heavy atom. The largest absolute Gasteiger partial charge is 0.339 e. The lowest BCUT2D eigenvalue weighted by atomic mass is 10.1. The molecule has 4 aliphatic rings. The maximum atomic E-state index is 13.3. The molecule has 3 heterocycles. The van der Waals surface area contributed by atoms with E-state index in [9.17, 15) is 18.0 Å². The van der Waals surface area contributed by atoms with Gasteiger partial charge < -0.3 is 9.80 Å². The van der Waals surface area contributed by atoms with Gasteiger partial charge in [0.25, 0.3) is 0 Å². The minimum atomic E-state index is -3.48. The van der Waals surface area contributed by atoms with Gasteiger partial charge in [0.1, 0.15) is 0 Å². The topological polar surface area (TPSA) is 78.0 Å². The Morgan fingerprint density at radius 1 is 0.968 bits per heavy atom. The normalized spacial score (nSPS) is 25.4. The van der Waals surface area contributed by atoms with E-state index < -0.39 is 10.0 Å². The monoisotopic (exact) mass is 445 g/mol. The molecule has 168 valence electrons. The van der Waals surface area contributed by atoms with Gasteiger partial charge in [-0.05, 0) is 55.9 Å². The molecule has 5 rings (SSSR count). The minimum Gasteiger partial charge on any atom is -0.339 e. The van der Waals surface area contributed by atoms with Crippen molar-refractivity contribution in [3.63, 3.8) is 0 Å². The summed E-state index contributed by atoms with van der Waals surface area (Å²) in [4.78, 5) is 29.8. The number of nitrogens with zero attached hydrogens (tertiary/aromatic N) is 3. The van der Waals surface area contributed by atoms with E-state index in [4.69, 9.17) is 0 Å². The fourth-order valence-electron chi connectivity index (χ4n) is 5.71. The Morgan fingerprint density at radius 3 is 2.45 bits per heavy atom. The first-order valence-electron chi connectivity index (χ1n) is 11.7. The Bertz CT molecular complexity index is 981. The number of hydrogen-bond acceptors (Lipinski definition) is 4. The van der Waals surface area contributed by atoms with Crippen LogP contribution in [0.4, 0.5) is 5.69 Å². The molecule has 2 saturated heterocycles. The Labute approximate surface area is 184 Å². The van der Waals surface area contributed by atoms with Gasteiger partial charge in [-0.25, -0.2) is 8.42 Å². The van der Waals surface area contributed by atoms with Crippen LogP contribution in [-0.4, -0.2) is 61.7 Å². The Balaban J connectivity index is 1.32. The fourth-order valence-corrected chi connectivity index (χ4v) is 7.28. The second-order valence-corrected chi connectivity index (χ2v) is 11.3. The standard InChI is InChI=1S/C23H31N3O4S/c27-22-15-18(16-26(22)19-6-2-3-7-19)23(28)25-13-10-17-14-20(8-9-21(17)25)31(29,30)24-11-4-1-5-12-24/h8-9,14,18-19H,1-7,10-13,15-16H2. The molecule has 1 aromatic rings. The summed E-state index contributed by atoms with van der Waals surface area (Å²) in [6, 6.07) is 5.47. The number of anilines is 1. The molecule has 1 atom stereocenters. The van der Waals surface area contributed by atoms with Gasteiger partial charge >= 0.3 is 0 Å². The van der Waals surface area contributed by atoms with Crippen LogP contribution in [0.15, 0.2) is 23.1 Å². The predicted octanol–water partition coefficient (Wildman–Crippen LogP) is 2.54. The molecule has 1 aromatic carbocycles. The van der Waals surface area contributed by atoms with Gasteiger partial charge in [-0.15, -0.1) is 0 Å². The quantitative estimate of drug-likeness (QED) is 0.714. The van der Waals surface area contributed by atoms with Crippen molar-refractivity contribution in [2.45, 2.75) is 68.7 Å². The van der Waals surface area contributed by atoms with Crippen molar-refractivity contribution in [1.82, 2.24) is 9.21 Å². The molecule has 3 aliphatic heterocycles. The zero-order chi connectivity index (χ0) is 21.6. The highest BCUT2D eigenvalue weighted by molar-refractivity contribution is 7.89. The highest BCUT2D eigenvalue weighted by Crippen LogP contribution is 2.35. The van der Waals surface area contributed by atoms with E-state index in [1.165, 1.54) is 0 Å². The van der Waals surface area contributed by atoms with Gasteiger partial charge in [0.05, 0.1) is 10.8 Å². The number of likely N-dealkylation sites (tertiary alicyclic amines) is 1. The molecule has 0 bridgehead atoms. The molecule has 1 aliphatic carbocycles. The molecular formula is C23H31N3O4S. The number of sulfonamides is 1. The van der Waals surface area contributed by atoms with E-state index in [2.05, 4.69) is 0 Å². The van der Waals surface area contributed by atoms with Crippen molar-refractivity contribution in [2.24, 2.45) is 5.92 Å². The van der Waals surface area contributed by atoms with Crippen LogP contribution >= 0.6 is 0 Å². The third kappa shape index (κ3) is 3.78. The summed E-state index contributed by atoms with van der Waals surface area (Å²) < 4.78 is 27.6. The van der Waals surface area contributed by atoms with Crippen molar-refractivity contribution in [3.05, 3.63) is 23.8 Å². The maximum absolute atomic E-state index is 13.3. The number of benzene rings is 1. The lowest BCUT2D eigenvalue weighted by Gasteiger charge is -2.26. The number of piperidine rings is 1. The summed E-state index contributed by atoms with van der Waals surface area (Å²) in [6.45, 7) is 2.24. The summed E-state index contributed by atoms with van der Waals surface area (Å²) >= 11 is 0. The SMILES string of the molecule is O=C(C1CC(=O)N(C2CCCC2)C1)N1CCc2cc(S(=O)(=O)N3CCCCC3)ccc21. The number of carbonyl (C=O) groups excluding carboxylic acids is 2.